The molecule has 0 amide bonds. The summed E-state index contributed by atoms with van der Waals surface area (Å²) in [5, 5.41) is 13.7. The topological polar surface area (TPSA) is 77.9 Å². The maximum atomic E-state index is 10.5. The fraction of sp³-hybridized carbons (Fsp3) is 0.286. The van der Waals surface area contributed by atoms with Gasteiger partial charge in [-0.15, -0.1) is 0 Å². The van der Waals surface area contributed by atoms with Crippen LogP contribution < -0.4 is 29.3 Å². The third kappa shape index (κ3) is 2.91. The molecule has 0 radical (unpaired) electrons. The predicted molar refractivity (Wildman–Crippen MR) is 47.7 cm³/mol. The first kappa shape index (κ1) is 13.3. The van der Waals surface area contributed by atoms with Crippen LogP contribution in [0.4, 0.5) is 5.82 Å². The second-order valence-corrected chi connectivity index (χ2v) is 2.93. The third-order valence-corrected chi connectivity index (χ3v) is 1.97. The summed E-state index contributed by atoms with van der Waals surface area (Å²) in [6.45, 7) is 0. The average molecular weight is 205 g/mol. The molecule has 0 saturated carbocycles. The number of anilines is 1. The van der Waals surface area contributed by atoms with Gasteiger partial charge in [0, 0.05) is 13.2 Å². The van der Waals surface area contributed by atoms with E-state index in [9.17, 15) is 9.90 Å². The van der Waals surface area contributed by atoms with E-state index in [4.69, 9.17) is 0 Å². The maximum Gasteiger partial charge on any atom is 1.00 e. The van der Waals surface area contributed by atoms with E-state index < -0.39 is 5.97 Å². The van der Waals surface area contributed by atoms with E-state index in [-0.39, 0.29) is 30.2 Å². The zero-order valence-corrected chi connectivity index (χ0v) is 9.01. The van der Waals surface area contributed by atoms with Gasteiger partial charge in [0.2, 0.25) is 0 Å². The normalized spacial score (nSPS) is 9.00. The summed E-state index contributed by atoms with van der Waals surface area (Å²) in [5.41, 5.74) is -0.0275. The molecule has 1 aromatic rings. The van der Waals surface area contributed by atoms with Gasteiger partial charge in [-0.25, -0.2) is 9.97 Å². The van der Waals surface area contributed by atoms with Gasteiger partial charge in [0.25, 0.3) is 0 Å². The van der Waals surface area contributed by atoms with Crippen LogP contribution in [0.2, 0.25) is 0 Å². The average Bonchev–Trinajstić information content (AvgIpc) is 2.16. The first-order chi connectivity index (χ1) is 6.19. The Bertz CT molecular complexity index is 335. The van der Waals surface area contributed by atoms with Crippen molar-refractivity contribution in [2.75, 3.05) is 18.6 Å². The molecule has 0 bridgehead atoms. The van der Waals surface area contributed by atoms with Gasteiger partial charge in [-0.05, 0) is 6.26 Å². The van der Waals surface area contributed by atoms with Crippen molar-refractivity contribution in [3.8, 4) is 0 Å². The second kappa shape index (κ2) is 5.91. The molecule has 70 valence electrons. The van der Waals surface area contributed by atoms with E-state index in [1.807, 2.05) is 6.26 Å². The Kier molecular flexibility index (Phi) is 5.61. The Labute approximate surface area is 97.9 Å². The summed E-state index contributed by atoms with van der Waals surface area (Å²) < 4.78 is 0. The summed E-state index contributed by atoms with van der Waals surface area (Å²) in [7, 11) is 1.60. The van der Waals surface area contributed by atoms with E-state index in [2.05, 4.69) is 15.3 Å². The van der Waals surface area contributed by atoms with Gasteiger partial charge in [-0.1, -0.05) is 11.8 Å². The number of carbonyl (C=O) groups is 1. The number of carboxylic acid groups (broad SMARTS) is 1. The van der Waals surface area contributed by atoms with Crippen LogP contribution in [-0.2, 0) is 0 Å². The number of carboxylic acids is 1. The Morgan fingerprint density at radius 2 is 2.29 bits per heavy atom. The third-order valence-electron chi connectivity index (χ3n) is 1.41. The van der Waals surface area contributed by atoms with Gasteiger partial charge in [-0.3, -0.25) is 0 Å². The SMILES string of the molecule is CNc1nc(SC)ncc1C(=O)[O-].[Li+]. The zero-order valence-electron chi connectivity index (χ0n) is 8.20. The Morgan fingerprint density at radius 3 is 2.71 bits per heavy atom. The Balaban J connectivity index is 0.00000169. The first-order valence-electron chi connectivity index (χ1n) is 3.49. The van der Waals surface area contributed by atoms with E-state index >= 15 is 0 Å². The van der Waals surface area contributed by atoms with Crippen molar-refractivity contribution >= 4 is 23.5 Å². The Morgan fingerprint density at radius 1 is 1.64 bits per heavy atom. The van der Waals surface area contributed by atoms with Gasteiger partial charge >= 0.3 is 18.9 Å². The molecule has 1 heterocycles. The molecule has 1 aromatic heterocycles. The van der Waals surface area contributed by atoms with E-state index in [0.29, 0.717) is 5.16 Å². The van der Waals surface area contributed by atoms with Crippen molar-refractivity contribution in [1.82, 2.24) is 9.97 Å². The molecule has 1 rings (SSSR count). The molecule has 5 nitrogen and oxygen atoms in total. The number of rotatable bonds is 3. The summed E-state index contributed by atoms with van der Waals surface area (Å²) in [5.74, 6) is -1.00. The maximum absolute atomic E-state index is 10.5. The monoisotopic (exact) mass is 205 g/mol. The standard InChI is InChI=1S/C7H9N3O2S.Li/c1-8-5-4(6(11)12)3-9-7(10-5)13-2;/h3H,1-2H3,(H,11,12)(H,8,9,10);/q;+1/p-1. The largest absolute Gasteiger partial charge is 1.00 e. The number of hydrogen-bond donors (Lipinski definition) is 1. The summed E-state index contributed by atoms with van der Waals surface area (Å²) >= 11 is 1.34. The van der Waals surface area contributed by atoms with Crippen LogP contribution in [0.3, 0.4) is 0 Å². The summed E-state index contributed by atoms with van der Waals surface area (Å²) in [4.78, 5) is 18.3. The predicted octanol–water partition coefficient (Wildman–Crippen LogP) is -3.39. The zero-order chi connectivity index (χ0) is 9.84. The minimum Gasteiger partial charge on any atom is -0.545 e. The van der Waals surface area contributed by atoms with Crippen molar-refractivity contribution < 1.29 is 28.8 Å². The first-order valence-corrected chi connectivity index (χ1v) is 4.71. The molecule has 0 aliphatic rings. The minimum absolute atomic E-state index is 0. The quantitative estimate of drug-likeness (QED) is 0.315. The molecule has 0 atom stereocenters. The second-order valence-electron chi connectivity index (χ2n) is 2.16. The van der Waals surface area contributed by atoms with Crippen LogP contribution in [0.25, 0.3) is 0 Å². The summed E-state index contributed by atoms with van der Waals surface area (Å²) in [6.07, 6.45) is 3.05. The number of thioether (sulfide) groups is 1. The molecule has 0 saturated heterocycles. The van der Waals surface area contributed by atoms with Crippen molar-refractivity contribution in [3.05, 3.63) is 11.8 Å². The molecule has 1 N–H and O–H groups in total. The van der Waals surface area contributed by atoms with Crippen molar-refractivity contribution in [2.45, 2.75) is 5.16 Å². The molecule has 14 heavy (non-hydrogen) atoms. The molecular formula is C7H8LiN3O2S. The summed E-state index contributed by atoms with van der Waals surface area (Å²) in [6, 6.07) is 0. The van der Waals surface area contributed by atoms with E-state index in [1.54, 1.807) is 7.05 Å². The molecule has 0 aliphatic carbocycles. The van der Waals surface area contributed by atoms with Crippen molar-refractivity contribution in [1.29, 1.82) is 0 Å². The van der Waals surface area contributed by atoms with Crippen LogP contribution in [0.1, 0.15) is 10.4 Å². The number of nitrogens with zero attached hydrogens (tertiary/aromatic N) is 2. The molecule has 0 fully saturated rings. The fourth-order valence-electron chi connectivity index (χ4n) is 0.804. The minimum atomic E-state index is -1.28. The van der Waals surface area contributed by atoms with Gasteiger partial charge in [0.05, 0.1) is 11.5 Å². The molecular weight excluding hydrogens is 197 g/mol. The van der Waals surface area contributed by atoms with Crippen LogP contribution in [0.15, 0.2) is 11.4 Å². The van der Waals surface area contributed by atoms with Gasteiger partial charge in [0.15, 0.2) is 5.16 Å². The van der Waals surface area contributed by atoms with E-state index in [1.165, 1.54) is 18.0 Å². The molecule has 0 aliphatic heterocycles. The van der Waals surface area contributed by atoms with Crippen LogP contribution in [0, 0.1) is 0 Å². The van der Waals surface area contributed by atoms with E-state index in [0.717, 1.165) is 0 Å². The number of carbonyl (C=O) groups excluding carboxylic acids is 1. The number of nitrogens with one attached hydrogen (secondary N) is 1. The molecule has 0 spiro atoms. The number of hydrogen-bond acceptors (Lipinski definition) is 6. The molecule has 7 heteroatoms. The smallest absolute Gasteiger partial charge is 0.545 e. The van der Waals surface area contributed by atoms with Gasteiger partial charge < -0.3 is 15.2 Å². The Hall–Kier alpha value is -0.703. The fourth-order valence-corrected chi connectivity index (χ4v) is 1.14. The number of aromatic carboxylic acids is 1. The number of aromatic nitrogens is 2. The van der Waals surface area contributed by atoms with Crippen molar-refractivity contribution in [2.24, 2.45) is 0 Å². The van der Waals surface area contributed by atoms with Gasteiger partial charge in [-0.2, -0.15) is 0 Å². The van der Waals surface area contributed by atoms with Gasteiger partial charge in [0.1, 0.15) is 5.82 Å². The van der Waals surface area contributed by atoms with Crippen LogP contribution >= 0.6 is 11.8 Å². The van der Waals surface area contributed by atoms with Crippen LogP contribution in [0.5, 0.6) is 0 Å². The molecule has 0 aromatic carbocycles. The van der Waals surface area contributed by atoms with Crippen LogP contribution in [-0.4, -0.2) is 29.2 Å². The van der Waals surface area contributed by atoms with Crippen molar-refractivity contribution in [3.63, 3.8) is 0 Å². The molecule has 0 unspecified atom stereocenters.